The Bertz CT molecular complexity index is 810. The summed E-state index contributed by atoms with van der Waals surface area (Å²) in [5.74, 6) is -0.534. The minimum absolute atomic E-state index is 0.0539. The lowest BCUT2D eigenvalue weighted by Gasteiger charge is -1.96. The second-order valence-electron chi connectivity index (χ2n) is 3.58. The van der Waals surface area contributed by atoms with Crippen molar-refractivity contribution in [2.75, 3.05) is 0 Å². The molecule has 102 valence electrons. The van der Waals surface area contributed by atoms with Crippen molar-refractivity contribution in [3.05, 3.63) is 49.5 Å². The molecule has 0 amide bonds. The predicted octanol–water partition coefficient (Wildman–Crippen LogP) is 2.46. The zero-order valence-electron chi connectivity index (χ0n) is 9.73. The maximum absolute atomic E-state index is 11.5. The van der Waals surface area contributed by atoms with Crippen molar-refractivity contribution >= 4 is 29.3 Å². The Balaban J connectivity index is 2.40. The molecule has 0 saturated heterocycles. The van der Waals surface area contributed by atoms with Crippen molar-refractivity contribution in [2.24, 2.45) is 10.2 Å². The summed E-state index contributed by atoms with van der Waals surface area (Å²) < 4.78 is -0.0539. The van der Waals surface area contributed by atoms with Gasteiger partial charge in [0.05, 0.1) is 10.6 Å². The summed E-state index contributed by atoms with van der Waals surface area (Å²) in [5.41, 5.74) is -1.09. The van der Waals surface area contributed by atoms with Gasteiger partial charge in [-0.3, -0.25) is 19.9 Å². The Hall–Kier alpha value is -2.88. The molecule has 0 aliphatic carbocycles. The van der Waals surface area contributed by atoms with Gasteiger partial charge in [0, 0.05) is 12.1 Å². The number of benzene rings is 1. The monoisotopic (exact) mass is 293 g/mol. The molecular formula is C10H7N5O4S. The number of nitro benzene ring substituents is 1. The van der Waals surface area contributed by atoms with Gasteiger partial charge < -0.3 is 10.1 Å². The van der Waals surface area contributed by atoms with Gasteiger partial charge in [-0.15, -0.1) is 10.2 Å². The molecule has 0 aliphatic rings. The molecule has 3 N–H and O–H groups in total. The van der Waals surface area contributed by atoms with Crippen LogP contribution in [-0.4, -0.2) is 20.0 Å². The fourth-order valence-corrected chi connectivity index (χ4v) is 1.53. The van der Waals surface area contributed by atoms with Crippen molar-refractivity contribution in [2.45, 2.75) is 0 Å². The van der Waals surface area contributed by atoms with Gasteiger partial charge in [-0.05, 0) is 18.3 Å². The largest absolute Gasteiger partial charge is 0.493 e. The van der Waals surface area contributed by atoms with Crippen molar-refractivity contribution in [3.8, 4) is 5.88 Å². The third-order valence-electron chi connectivity index (χ3n) is 2.20. The smallest absolute Gasteiger partial charge is 0.283 e. The number of rotatable bonds is 3. The molecule has 0 aliphatic heterocycles. The van der Waals surface area contributed by atoms with Gasteiger partial charge in [0.25, 0.3) is 11.2 Å². The Morgan fingerprint density at radius 2 is 2.05 bits per heavy atom. The summed E-state index contributed by atoms with van der Waals surface area (Å²) >= 11 is 4.65. The minimum atomic E-state index is -0.722. The quantitative estimate of drug-likeness (QED) is 0.345. The van der Waals surface area contributed by atoms with Crippen LogP contribution in [0.4, 0.5) is 17.1 Å². The molecule has 0 saturated carbocycles. The van der Waals surface area contributed by atoms with Crippen LogP contribution in [0.25, 0.3) is 0 Å². The number of non-ortho nitro benzene ring substituents is 1. The van der Waals surface area contributed by atoms with E-state index in [2.05, 4.69) is 32.4 Å². The summed E-state index contributed by atoms with van der Waals surface area (Å²) in [6.45, 7) is 0. The van der Waals surface area contributed by atoms with Crippen LogP contribution in [0.1, 0.15) is 0 Å². The van der Waals surface area contributed by atoms with E-state index in [1.54, 1.807) is 0 Å². The fraction of sp³-hybridized carbons (Fsp3) is 0. The Morgan fingerprint density at radius 1 is 1.30 bits per heavy atom. The van der Waals surface area contributed by atoms with E-state index in [0.717, 1.165) is 0 Å². The molecule has 0 radical (unpaired) electrons. The maximum atomic E-state index is 11.5. The Kier molecular flexibility index (Phi) is 3.66. The molecule has 0 spiro atoms. The molecule has 10 heteroatoms. The summed E-state index contributed by atoms with van der Waals surface area (Å²) in [4.78, 5) is 26.0. The second-order valence-corrected chi connectivity index (χ2v) is 3.99. The normalized spacial score (nSPS) is 10.8. The van der Waals surface area contributed by atoms with Crippen molar-refractivity contribution < 1.29 is 10.0 Å². The van der Waals surface area contributed by atoms with Crippen LogP contribution < -0.4 is 5.56 Å². The van der Waals surface area contributed by atoms with E-state index in [1.807, 2.05) is 0 Å². The SMILES string of the molecule is O=c1[nH]c(=S)[nH]c(O)c1N=Nc1cccc([N+](=O)[O-])c1. The first-order valence-electron chi connectivity index (χ1n) is 5.19. The average Bonchev–Trinajstić information content (AvgIpc) is 2.37. The molecule has 0 fully saturated rings. The standard InChI is InChI=1S/C10H7N5O4S/c16-8-7(9(17)12-10(20)11-8)14-13-5-2-1-3-6(4-5)15(18)19/h1-4H,(H3,11,12,16,17,20). The van der Waals surface area contributed by atoms with E-state index >= 15 is 0 Å². The molecule has 2 aromatic rings. The number of aromatic nitrogens is 2. The van der Waals surface area contributed by atoms with Crippen molar-refractivity contribution in [3.63, 3.8) is 0 Å². The third-order valence-corrected chi connectivity index (χ3v) is 2.41. The third kappa shape index (κ3) is 2.92. The summed E-state index contributed by atoms with van der Waals surface area (Å²) in [6, 6.07) is 5.37. The number of hydrogen-bond acceptors (Lipinski definition) is 7. The zero-order chi connectivity index (χ0) is 14.7. The molecule has 2 rings (SSSR count). The lowest BCUT2D eigenvalue weighted by Crippen LogP contribution is -2.06. The molecule has 1 aromatic carbocycles. The van der Waals surface area contributed by atoms with Crippen molar-refractivity contribution in [1.82, 2.24) is 9.97 Å². The predicted molar refractivity (Wildman–Crippen MR) is 71.2 cm³/mol. The van der Waals surface area contributed by atoms with E-state index in [-0.39, 0.29) is 21.8 Å². The second kappa shape index (κ2) is 5.40. The summed E-state index contributed by atoms with van der Waals surface area (Å²) in [7, 11) is 0. The molecule has 0 unspecified atom stereocenters. The van der Waals surface area contributed by atoms with Crippen LogP contribution in [0.2, 0.25) is 0 Å². The van der Waals surface area contributed by atoms with Gasteiger partial charge in [-0.1, -0.05) is 6.07 Å². The first kappa shape index (κ1) is 13.5. The minimum Gasteiger partial charge on any atom is -0.493 e. The molecule has 20 heavy (non-hydrogen) atoms. The number of aromatic amines is 2. The van der Waals surface area contributed by atoms with Crippen LogP contribution in [0.3, 0.4) is 0 Å². The Labute approximate surface area is 115 Å². The van der Waals surface area contributed by atoms with Gasteiger partial charge in [0.15, 0.2) is 4.77 Å². The molecule has 9 nitrogen and oxygen atoms in total. The molecular weight excluding hydrogens is 286 g/mol. The van der Waals surface area contributed by atoms with Crippen LogP contribution in [0.15, 0.2) is 39.3 Å². The highest BCUT2D eigenvalue weighted by Gasteiger charge is 2.08. The van der Waals surface area contributed by atoms with E-state index in [4.69, 9.17) is 0 Å². The van der Waals surface area contributed by atoms with E-state index < -0.39 is 16.4 Å². The molecule has 1 heterocycles. The highest BCUT2D eigenvalue weighted by molar-refractivity contribution is 7.71. The summed E-state index contributed by atoms with van der Waals surface area (Å²) in [5, 5.41) is 27.3. The van der Waals surface area contributed by atoms with Gasteiger partial charge in [0.1, 0.15) is 0 Å². The number of aromatic hydroxyl groups is 1. The fourth-order valence-electron chi connectivity index (χ4n) is 1.34. The van der Waals surface area contributed by atoms with Crippen LogP contribution in [0, 0.1) is 14.9 Å². The Morgan fingerprint density at radius 3 is 2.70 bits per heavy atom. The van der Waals surface area contributed by atoms with E-state index in [1.165, 1.54) is 24.3 Å². The topological polar surface area (TPSA) is 137 Å². The number of azo groups is 1. The van der Waals surface area contributed by atoms with Crippen LogP contribution in [0.5, 0.6) is 5.88 Å². The van der Waals surface area contributed by atoms with Gasteiger partial charge in [-0.2, -0.15) is 0 Å². The molecule has 1 aromatic heterocycles. The van der Waals surface area contributed by atoms with Gasteiger partial charge in [0.2, 0.25) is 11.6 Å². The van der Waals surface area contributed by atoms with Gasteiger partial charge in [-0.25, -0.2) is 0 Å². The highest BCUT2D eigenvalue weighted by atomic mass is 32.1. The number of nitro groups is 1. The number of nitrogens with one attached hydrogen (secondary N) is 2. The lowest BCUT2D eigenvalue weighted by atomic mass is 10.3. The number of H-pyrrole nitrogens is 2. The maximum Gasteiger partial charge on any atom is 0.283 e. The molecule has 0 bridgehead atoms. The first-order chi connectivity index (χ1) is 9.47. The van der Waals surface area contributed by atoms with Crippen LogP contribution >= 0.6 is 12.2 Å². The number of hydrogen-bond donors (Lipinski definition) is 3. The highest BCUT2D eigenvalue weighted by Crippen LogP contribution is 2.23. The van der Waals surface area contributed by atoms with Gasteiger partial charge >= 0.3 is 0 Å². The molecule has 0 atom stereocenters. The first-order valence-corrected chi connectivity index (χ1v) is 5.60. The van der Waals surface area contributed by atoms with E-state index in [0.29, 0.717) is 0 Å². The van der Waals surface area contributed by atoms with Crippen LogP contribution in [-0.2, 0) is 0 Å². The van der Waals surface area contributed by atoms with Crippen molar-refractivity contribution in [1.29, 1.82) is 0 Å². The van der Waals surface area contributed by atoms with E-state index in [9.17, 15) is 20.0 Å². The number of nitrogens with zero attached hydrogens (tertiary/aromatic N) is 3. The average molecular weight is 293 g/mol. The zero-order valence-corrected chi connectivity index (χ0v) is 10.5. The summed E-state index contributed by atoms with van der Waals surface area (Å²) in [6.07, 6.45) is 0. The lowest BCUT2D eigenvalue weighted by molar-refractivity contribution is -0.384.